The summed E-state index contributed by atoms with van der Waals surface area (Å²) in [5.74, 6) is 0.0926. The molecule has 5 aliphatic rings. The van der Waals surface area contributed by atoms with Gasteiger partial charge in [-0.25, -0.2) is 0 Å². The Hall–Kier alpha value is -4.44. The molecule has 0 bridgehead atoms. The van der Waals surface area contributed by atoms with Gasteiger partial charge in [-0.15, -0.1) is 0 Å². The SMILES string of the molecule is C1=CCNC1.C1=CNCC1.C1=CNCCC1.C1=COCCN1.O=C1CC=CN1.O=c1cccc[nH]1.c1cc[nH]c1. The Bertz CT molecular complexity index is 918. The quantitative estimate of drug-likeness (QED) is 0.250. The van der Waals surface area contributed by atoms with E-state index in [1.165, 1.54) is 25.3 Å². The average molecular weight is 552 g/mol. The summed E-state index contributed by atoms with van der Waals surface area (Å²) >= 11 is 0. The first kappa shape index (κ1) is 33.6. The van der Waals surface area contributed by atoms with Crippen LogP contribution in [0.15, 0.2) is 115 Å². The topological polar surface area (TPSA) is 135 Å². The van der Waals surface area contributed by atoms with Crippen LogP contribution in [0, 0.1) is 0 Å². The Balaban J connectivity index is 0.000000234. The van der Waals surface area contributed by atoms with Gasteiger partial charge in [-0.05, 0) is 49.9 Å². The van der Waals surface area contributed by atoms with Crippen molar-refractivity contribution >= 4 is 5.91 Å². The second-order valence-corrected chi connectivity index (χ2v) is 8.19. The van der Waals surface area contributed by atoms with Crippen molar-refractivity contribution in [1.29, 1.82) is 0 Å². The smallest absolute Gasteiger partial charge is 0.247 e. The fourth-order valence-corrected chi connectivity index (χ4v) is 2.80. The van der Waals surface area contributed by atoms with E-state index < -0.39 is 0 Å². The van der Waals surface area contributed by atoms with E-state index in [1.807, 2.05) is 36.9 Å². The molecule has 2 aromatic rings. The number of aromatic nitrogens is 2. The molecule has 40 heavy (non-hydrogen) atoms. The summed E-state index contributed by atoms with van der Waals surface area (Å²) in [6, 6.07) is 8.82. The van der Waals surface area contributed by atoms with Crippen LogP contribution in [-0.4, -0.2) is 55.2 Å². The lowest BCUT2D eigenvalue weighted by atomic mass is 10.2. The molecule has 7 N–H and O–H groups in total. The number of ether oxygens (including phenoxy) is 1. The summed E-state index contributed by atoms with van der Waals surface area (Å²) in [6.07, 6.45) is 29.1. The van der Waals surface area contributed by atoms with Gasteiger partial charge in [0.1, 0.15) is 6.61 Å². The fourth-order valence-electron chi connectivity index (χ4n) is 2.80. The van der Waals surface area contributed by atoms with Gasteiger partial charge in [0.2, 0.25) is 11.5 Å². The minimum absolute atomic E-state index is 0.0532. The summed E-state index contributed by atoms with van der Waals surface area (Å²) < 4.78 is 4.83. The first-order chi connectivity index (χ1) is 19.8. The summed E-state index contributed by atoms with van der Waals surface area (Å²) in [5, 5.41) is 14.7. The Morgan fingerprint density at radius 1 is 0.675 bits per heavy atom. The Morgan fingerprint density at radius 3 is 1.60 bits per heavy atom. The number of amides is 1. The Labute approximate surface area is 237 Å². The van der Waals surface area contributed by atoms with Crippen LogP contribution in [0.4, 0.5) is 0 Å². The number of nitrogens with one attached hydrogen (secondary N) is 7. The van der Waals surface area contributed by atoms with Crippen LogP contribution in [0.5, 0.6) is 0 Å². The molecule has 7 rings (SSSR count). The van der Waals surface area contributed by atoms with Crippen LogP contribution in [0.3, 0.4) is 0 Å². The number of aromatic amines is 2. The standard InChI is InChI=1S/C5H5NO.C5H9N.C4H7NO.C4H5NO.2C4H7N.C4H5N/c7-5-3-1-2-4-6-5;1-2-4-6-5-3-1;1-3-6-4-2-5-1;6-4-2-1-3-5-4;3*1-2-4-5-3-1/h1-4H,(H,6,7);2,4,6H,1,3,5H2;1,3,5H,2,4H2;1,3H,2H2,(H,5,6);1,3,5H,2,4H2;1-2,5H,3-4H2;1-5H. The number of hydrogen-bond acceptors (Lipinski definition) is 7. The largest absolute Gasteiger partial charge is 0.498 e. The Morgan fingerprint density at radius 2 is 1.40 bits per heavy atom. The molecule has 0 aromatic carbocycles. The zero-order valence-electron chi connectivity index (χ0n) is 23.2. The molecule has 5 aliphatic heterocycles. The normalized spacial score (nSPS) is 16.1. The summed E-state index contributed by atoms with van der Waals surface area (Å²) in [5.41, 5.74) is -0.0532. The van der Waals surface area contributed by atoms with Gasteiger partial charge < -0.3 is 41.3 Å². The minimum atomic E-state index is -0.0532. The zero-order chi connectivity index (χ0) is 28.6. The molecule has 7 heterocycles. The van der Waals surface area contributed by atoms with Crippen LogP contribution in [0.25, 0.3) is 0 Å². The molecule has 10 nitrogen and oxygen atoms in total. The molecule has 10 heteroatoms. The lowest BCUT2D eigenvalue weighted by Crippen LogP contribution is -2.16. The maximum atomic E-state index is 10.2. The van der Waals surface area contributed by atoms with Crippen molar-refractivity contribution in [2.75, 3.05) is 39.3 Å². The zero-order valence-corrected chi connectivity index (χ0v) is 23.2. The van der Waals surface area contributed by atoms with Crippen molar-refractivity contribution in [3.63, 3.8) is 0 Å². The monoisotopic (exact) mass is 551 g/mol. The van der Waals surface area contributed by atoms with E-state index >= 15 is 0 Å². The summed E-state index contributed by atoms with van der Waals surface area (Å²) in [4.78, 5) is 25.6. The Kier molecular flexibility index (Phi) is 23.2. The maximum absolute atomic E-state index is 10.2. The lowest BCUT2D eigenvalue weighted by molar-refractivity contribution is -0.118. The van der Waals surface area contributed by atoms with Crippen molar-refractivity contribution in [1.82, 2.24) is 36.6 Å². The molecule has 0 aliphatic carbocycles. The molecule has 218 valence electrons. The van der Waals surface area contributed by atoms with Gasteiger partial charge in [0.25, 0.3) is 0 Å². The van der Waals surface area contributed by atoms with Crippen LogP contribution < -0.4 is 32.1 Å². The second kappa shape index (κ2) is 27.6. The number of hydrogen-bond donors (Lipinski definition) is 7. The molecule has 0 saturated heterocycles. The first-order valence-corrected chi connectivity index (χ1v) is 13.6. The van der Waals surface area contributed by atoms with Gasteiger partial charge in [-0.2, -0.15) is 0 Å². The first-order valence-electron chi connectivity index (χ1n) is 13.6. The third-order valence-corrected chi connectivity index (χ3v) is 4.80. The highest BCUT2D eigenvalue weighted by molar-refractivity contribution is 5.80. The van der Waals surface area contributed by atoms with Crippen LogP contribution >= 0.6 is 0 Å². The molecule has 0 spiro atoms. The van der Waals surface area contributed by atoms with Crippen molar-refractivity contribution in [3.05, 3.63) is 121 Å². The number of carbonyl (C=O) groups excluding carboxylic acids is 1. The molecule has 0 unspecified atom stereocenters. The van der Waals surface area contributed by atoms with Gasteiger partial charge in [0, 0.05) is 76.2 Å². The van der Waals surface area contributed by atoms with Gasteiger partial charge in [0.05, 0.1) is 6.26 Å². The molecule has 2 aromatic heterocycles. The second-order valence-electron chi connectivity index (χ2n) is 8.19. The summed E-state index contributed by atoms with van der Waals surface area (Å²) in [7, 11) is 0. The fraction of sp³-hybridized carbons (Fsp3) is 0.333. The molecule has 0 saturated carbocycles. The van der Waals surface area contributed by atoms with Crippen molar-refractivity contribution in [2.45, 2.75) is 25.7 Å². The van der Waals surface area contributed by atoms with Crippen LogP contribution in [0.2, 0.25) is 0 Å². The van der Waals surface area contributed by atoms with E-state index in [2.05, 4.69) is 60.9 Å². The number of allylic oxidation sites excluding steroid dienone is 1. The van der Waals surface area contributed by atoms with E-state index in [4.69, 9.17) is 4.74 Å². The number of H-pyrrole nitrogens is 2. The van der Waals surface area contributed by atoms with Gasteiger partial charge in [-0.1, -0.05) is 36.4 Å². The molecule has 0 atom stereocenters. The van der Waals surface area contributed by atoms with Crippen LogP contribution in [0.1, 0.15) is 25.7 Å². The third kappa shape index (κ3) is 25.2. The predicted molar refractivity (Wildman–Crippen MR) is 163 cm³/mol. The van der Waals surface area contributed by atoms with Gasteiger partial charge in [-0.3, -0.25) is 9.59 Å². The molecule has 1 amide bonds. The number of pyridine rings is 1. The highest BCUT2D eigenvalue weighted by Gasteiger charge is 1.97. The predicted octanol–water partition coefficient (Wildman–Crippen LogP) is 3.01. The number of carbonyl (C=O) groups is 1. The minimum Gasteiger partial charge on any atom is -0.498 e. The van der Waals surface area contributed by atoms with Crippen molar-refractivity contribution in [3.8, 4) is 0 Å². The van der Waals surface area contributed by atoms with Crippen molar-refractivity contribution < 1.29 is 9.53 Å². The third-order valence-electron chi connectivity index (χ3n) is 4.80. The summed E-state index contributed by atoms with van der Waals surface area (Å²) in [6.45, 7) is 6.18. The van der Waals surface area contributed by atoms with E-state index in [1.54, 1.807) is 43.1 Å². The van der Waals surface area contributed by atoms with Gasteiger partial charge in [0.15, 0.2) is 0 Å². The maximum Gasteiger partial charge on any atom is 0.247 e. The highest BCUT2D eigenvalue weighted by atomic mass is 16.5. The van der Waals surface area contributed by atoms with E-state index in [-0.39, 0.29) is 11.5 Å². The molecular formula is C30H45N7O3. The van der Waals surface area contributed by atoms with Crippen molar-refractivity contribution in [2.24, 2.45) is 0 Å². The van der Waals surface area contributed by atoms with E-state index in [0.717, 1.165) is 39.3 Å². The van der Waals surface area contributed by atoms with E-state index in [0.29, 0.717) is 6.42 Å². The van der Waals surface area contributed by atoms with E-state index in [9.17, 15) is 9.59 Å². The highest BCUT2D eigenvalue weighted by Crippen LogP contribution is 1.92. The molecular weight excluding hydrogens is 506 g/mol. The molecule has 0 fully saturated rings. The molecule has 0 radical (unpaired) electrons. The van der Waals surface area contributed by atoms with Gasteiger partial charge >= 0.3 is 0 Å². The number of rotatable bonds is 0. The lowest BCUT2D eigenvalue weighted by Gasteiger charge is -2.05. The van der Waals surface area contributed by atoms with Crippen LogP contribution in [-0.2, 0) is 9.53 Å². The average Bonchev–Trinajstić information content (AvgIpc) is 3.87.